The number of hydrogen-bond acceptors (Lipinski definition) is 0. The van der Waals surface area contributed by atoms with Crippen molar-refractivity contribution < 1.29 is 13.2 Å². The van der Waals surface area contributed by atoms with Crippen LogP contribution in [0.4, 0.5) is 13.2 Å². The molecule has 0 N–H and O–H groups in total. The summed E-state index contributed by atoms with van der Waals surface area (Å²) in [7, 11) is 0. The fourth-order valence-corrected chi connectivity index (χ4v) is 3.85. The van der Waals surface area contributed by atoms with Gasteiger partial charge in [-0.2, -0.15) is 0 Å². The minimum absolute atomic E-state index is 0.207. The summed E-state index contributed by atoms with van der Waals surface area (Å²) in [5.41, 5.74) is 3.94. The van der Waals surface area contributed by atoms with Crippen molar-refractivity contribution in [1.29, 1.82) is 0 Å². The highest BCUT2D eigenvalue weighted by Gasteiger charge is 2.09. The Bertz CT molecular complexity index is 1170. The van der Waals surface area contributed by atoms with E-state index in [9.17, 15) is 13.2 Å². The van der Waals surface area contributed by atoms with Crippen LogP contribution < -0.4 is 0 Å². The average Bonchev–Trinajstić information content (AvgIpc) is 2.82. The minimum Gasteiger partial charge on any atom is -0.207 e. The molecule has 0 radical (unpaired) electrons. The molecule has 3 rings (SSSR count). The van der Waals surface area contributed by atoms with Gasteiger partial charge in [-0.05, 0) is 91.5 Å². The maximum absolute atomic E-state index is 14.8. The number of allylic oxidation sites excluding steroid dienone is 5. The van der Waals surface area contributed by atoms with Crippen molar-refractivity contribution >= 4 is 0 Å². The lowest BCUT2D eigenvalue weighted by Gasteiger charge is -2.08. The predicted octanol–water partition coefficient (Wildman–Crippen LogP) is 8.74. The van der Waals surface area contributed by atoms with Gasteiger partial charge in [0.1, 0.15) is 17.5 Å². The molecule has 176 valence electrons. The lowest BCUT2D eigenvalue weighted by atomic mass is 9.99. The Morgan fingerprint density at radius 1 is 0.676 bits per heavy atom. The molecule has 0 heterocycles. The van der Waals surface area contributed by atoms with Crippen LogP contribution in [0.25, 0.3) is 11.1 Å². The third kappa shape index (κ3) is 7.08. The van der Waals surface area contributed by atoms with E-state index in [0.29, 0.717) is 41.5 Å². The molecule has 0 aromatic heterocycles. The third-order valence-electron chi connectivity index (χ3n) is 5.83. The van der Waals surface area contributed by atoms with Crippen molar-refractivity contribution in [3.63, 3.8) is 0 Å². The van der Waals surface area contributed by atoms with Gasteiger partial charge in [0.2, 0.25) is 0 Å². The molecule has 34 heavy (non-hydrogen) atoms. The molecule has 0 atom stereocenters. The van der Waals surface area contributed by atoms with E-state index in [2.05, 4.69) is 6.58 Å². The Morgan fingerprint density at radius 3 is 2.09 bits per heavy atom. The van der Waals surface area contributed by atoms with Crippen molar-refractivity contribution in [2.24, 2.45) is 0 Å². The molecular weight excluding hydrogens is 429 g/mol. The van der Waals surface area contributed by atoms with Crippen LogP contribution in [-0.2, 0) is 25.7 Å². The van der Waals surface area contributed by atoms with E-state index in [1.54, 1.807) is 24.3 Å². The van der Waals surface area contributed by atoms with Crippen LogP contribution in [0.1, 0.15) is 42.0 Å². The number of aryl methyl sites for hydroxylation is 2. The first-order valence-corrected chi connectivity index (χ1v) is 11.7. The van der Waals surface area contributed by atoms with Gasteiger partial charge in [0, 0.05) is 5.56 Å². The molecule has 0 unspecified atom stereocenters. The zero-order valence-corrected chi connectivity index (χ0v) is 19.7. The normalized spacial score (nSPS) is 11.5. The number of benzene rings is 3. The monoisotopic (exact) mass is 460 g/mol. The summed E-state index contributed by atoms with van der Waals surface area (Å²) in [6.45, 7) is 5.63. The number of rotatable bonds is 11. The van der Waals surface area contributed by atoms with E-state index in [4.69, 9.17) is 0 Å². The first-order valence-electron chi connectivity index (χ1n) is 11.7. The van der Waals surface area contributed by atoms with Gasteiger partial charge in [-0.15, -0.1) is 6.58 Å². The highest BCUT2D eigenvalue weighted by Crippen LogP contribution is 2.26. The van der Waals surface area contributed by atoms with Gasteiger partial charge >= 0.3 is 0 Å². The molecule has 0 spiro atoms. The molecule has 0 aliphatic rings. The highest BCUT2D eigenvalue weighted by molar-refractivity contribution is 5.65. The summed E-state index contributed by atoms with van der Waals surface area (Å²) < 4.78 is 43.5. The van der Waals surface area contributed by atoms with Crippen LogP contribution >= 0.6 is 0 Å². The standard InChI is InChI=1S/C31H31F3/c1-3-5-7-12-26-17-18-27(22-30(26)33)28-19-15-24(21-31(28)34)11-8-9-13-25-16-14-23(10-6-4-2)20-29(25)32/h3-5,8-9,14-22H,2,6-7,10-13H2,1H3/b5-3+,9-8+. The second-order valence-corrected chi connectivity index (χ2v) is 8.36. The Balaban J connectivity index is 1.60. The van der Waals surface area contributed by atoms with Crippen LogP contribution in [-0.4, -0.2) is 0 Å². The van der Waals surface area contributed by atoms with Crippen molar-refractivity contribution in [3.05, 3.63) is 131 Å². The molecule has 0 amide bonds. The van der Waals surface area contributed by atoms with E-state index in [1.165, 1.54) is 12.1 Å². The Morgan fingerprint density at radius 2 is 1.38 bits per heavy atom. The average molecular weight is 461 g/mol. The Labute approximate surface area is 201 Å². The molecule has 0 aliphatic heterocycles. The largest absolute Gasteiger partial charge is 0.207 e. The van der Waals surface area contributed by atoms with Gasteiger partial charge < -0.3 is 0 Å². The Kier molecular flexibility index (Phi) is 9.51. The SMILES string of the molecule is C=CCCc1ccc(C/C=C/Cc2ccc(-c3ccc(CC/C=C/C)c(F)c3)c(F)c2)c(F)c1. The quantitative estimate of drug-likeness (QED) is 0.251. The summed E-state index contributed by atoms with van der Waals surface area (Å²) in [4.78, 5) is 0. The maximum Gasteiger partial charge on any atom is 0.131 e. The fourth-order valence-electron chi connectivity index (χ4n) is 3.85. The summed E-state index contributed by atoms with van der Waals surface area (Å²) in [5, 5.41) is 0. The molecule has 0 nitrogen and oxygen atoms in total. The molecule has 0 fully saturated rings. The van der Waals surface area contributed by atoms with Gasteiger partial charge in [-0.25, -0.2) is 13.2 Å². The topological polar surface area (TPSA) is 0 Å². The fraction of sp³-hybridized carbons (Fsp3) is 0.226. The van der Waals surface area contributed by atoms with Gasteiger partial charge in [0.25, 0.3) is 0 Å². The van der Waals surface area contributed by atoms with E-state index in [-0.39, 0.29) is 17.5 Å². The predicted molar refractivity (Wildman–Crippen MR) is 136 cm³/mol. The van der Waals surface area contributed by atoms with Gasteiger partial charge in [-0.1, -0.05) is 66.8 Å². The smallest absolute Gasteiger partial charge is 0.131 e. The number of hydrogen-bond donors (Lipinski definition) is 0. The molecule has 0 saturated carbocycles. The maximum atomic E-state index is 14.8. The lowest BCUT2D eigenvalue weighted by molar-refractivity contribution is 0.608. The first-order chi connectivity index (χ1) is 16.5. The van der Waals surface area contributed by atoms with E-state index >= 15 is 0 Å². The van der Waals surface area contributed by atoms with Gasteiger partial charge in [-0.3, -0.25) is 0 Å². The lowest BCUT2D eigenvalue weighted by Crippen LogP contribution is -1.94. The summed E-state index contributed by atoms with van der Waals surface area (Å²) in [6, 6.07) is 15.3. The van der Waals surface area contributed by atoms with Crippen molar-refractivity contribution in [2.45, 2.75) is 45.4 Å². The van der Waals surface area contributed by atoms with E-state index < -0.39 is 0 Å². The van der Waals surface area contributed by atoms with Crippen LogP contribution in [0.5, 0.6) is 0 Å². The molecule has 3 heteroatoms. The molecule has 0 saturated heterocycles. The van der Waals surface area contributed by atoms with E-state index in [0.717, 1.165) is 30.4 Å². The van der Waals surface area contributed by atoms with Crippen molar-refractivity contribution in [1.82, 2.24) is 0 Å². The van der Waals surface area contributed by atoms with Crippen LogP contribution in [0.2, 0.25) is 0 Å². The van der Waals surface area contributed by atoms with Crippen molar-refractivity contribution in [2.75, 3.05) is 0 Å². The van der Waals surface area contributed by atoms with Crippen LogP contribution in [0, 0.1) is 17.5 Å². The second-order valence-electron chi connectivity index (χ2n) is 8.36. The van der Waals surface area contributed by atoms with Crippen LogP contribution in [0.15, 0.2) is 91.6 Å². The molecule has 3 aromatic carbocycles. The second kappa shape index (κ2) is 12.8. The van der Waals surface area contributed by atoms with E-state index in [1.807, 2.05) is 55.5 Å². The number of halogens is 3. The highest BCUT2D eigenvalue weighted by atomic mass is 19.1. The van der Waals surface area contributed by atoms with Crippen molar-refractivity contribution in [3.8, 4) is 11.1 Å². The zero-order valence-electron chi connectivity index (χ0n) is 19.7. The summed E-state index contributed by atoms with van der Waals surface area (Å²) in [5.74, 6) is -0.899. The Hall–Kier alpha value is -3.33. The zero-order chi connectivity index (χ0) is 24.3. The molecule has 0 aliphatic carbocycles. The molecular formula is C31H31F3. The third-order valence-corrected chi connectivity index (χ3v) is 5.83. The van der Waals surface area contributed by atoms with Crippen LogP contribution in [0.3, 0.4) is 0 Å². The summed E-state index contributed by atoms with van der Waals surface area (Å²) >= 11 is 0. The minimum atomic E-state index is -0.381. The first kappa shape index (κ1) is 25.3. The molecule has 0 bridgehead atoms. The summed E-state index contributed by atoms with van der Waals surface area (Å²) in [6.07, 6.45) is 13.6. The van der Waals surface area contributed by atoms with Gasteiger partial charge in [0.15, 0.2) is 0 Å². The molecule has 3 aromatic rings. The van der Waals surface area contributed by atoms with Gasteiger partial charge in [0.05, 0.1) is 0 Å².